The van der Waals surface area contributed by atoms with E-state index in [1.807, 2.05) is 10.9 Å². The maximum atomic E-state index is 11.1. The Balaban J connectivity index is 1.72. The van der Waals surface area contributed by atoms with Crippen molar-refractivity contribution < 1.29 is 5.11 Å². The first-order valence-corrected chi connectivity index (χ1v) is 8.75. The topological polar surface area (TPSA) is 84.9 Å². The average Bonchev–Trinajstić information content (AvgIpc) is 3.18. The summed E-state index contributed by atoms with van der Waals surface area (Å²) in [6.45, 7) is 9.29. The number of hydrogen-bond acceptors (Lipinski definition) is 6. The zero-order chi connectivity index (χ0) is 17.2. The minimum Gasteiger partial charge on any atom is -0.382 e. The zero-order valence-corrected chi connectivity index (χ0v) is 14.8. The van der Waals surface area contributed by atoms with E-state index in [0.29, 0.717) is 25.2 Å². The quantitative estimate of drug-likeness (QED) is 0.859. The molecule has 3 rings (SSSR count). The summed E-state index contributed by atoms with van der Waals surface area (Å²) in [5, 5.41) is 23.7. The van der Waals surface area contributed by atoms with Gasteiger partial charge in [0.25, 0.3) is 0 Å². The van der Waals surface area contributed by atoms with E-state index >= 15 is 0 Å². The molecule has 8 nitrogen and oxygen atoms in total. The van der Waals surface area contributed by atoms with Crippen molar-refractivity contribution >= 4 is 0 Å². The van der Waals surface area contributed by atoms with Crippen molar-refractivity contribution in [2.45, 2.75) is 64.8 Å². The lowest BCUT2D eigenvalue weighted by molar-refractivity contribution is -0.0423. The molecule has 8 heteroatoms. The van der Waals surface area contributed by atoms with Crippen molar-refractivity contribution in [1.29, 1.82) is 0 Å². The van der Waals surface area contributed by atoms with E-state index < -0.39 is 5.60 Å². The van der Waals surface area contributed by atoms with E-state index in [9.17, 15) is 5.11 Å². The molecule has 2 aromatic rings. The predicted molar refractivity (Wildman–Crippen MR) is 89.1 cm³/mol. The molecule has 3 heterocycles. The van der Waals surface area contributed by atoms with Gasteiger partial charge in [0.15, 0.2) is 0 Å². The molecular formula is C16H27N7O. The highest BCUT2D eigenvalue weighted by molar-refractivity contribution is 5.10. The Hall–Kier alpha value is -1.80. The Morgan fingerprint density at radius 1 is 1.38 bits per heavy atom. The largest absolute Gasteiger partial charge is 0.382 e. The van der Waals surface area contributed by atoms with E-state index in [4.69, 9.17) is 0 Å². The summed E-state index contributed by atoms with van der Waals surface area (Å²) in [5.74, 6) is 0.951. The summed E-state index contributed by atoms with van der Waals surface area (Å²) in [7, 11) is 0. The maximum absolute atomic E-state index is 11.1. The second-order valence-electron chi connectivity index (χ2n) is 6.92. The first-order valence-electron chi connectivity index (χ1n) is 8.75. The summed E-state index contributed by atoms with van der Waals surface area (Å²) >= 11 is 0. The van der Waals surface area contributed by atoms with Crippen LogP contribution >= 0.6 is 0 Å². The van der Waals surface area contributed by atoms with Crippen LogP contribution < -0.4 is 0 Å². The SMILES string of the molecule is CCCn1ncnc1CN1CCC[C@@](O)(c2cn(C(C)C)nn2)C1. The third kappa shape index (κ3) is 3.49. The van der Waals surface area contributed by atoms with Crippen LogP contribution in [0.3, 0.4) is 0 Å². The summed E-state index contributed by atoms with van der Waals surface area (Å²) in [4.78, 5) is 6.60. The van der Waals surface area contributed by atoms with Crippen molar-refractivity contribution in [3.8, 4) is 0 Å². The highest BCUT2D eigenvalue weighted by Crippen LogP contribution is 2.31. The molecule has 0 spiro atoms. The monoisotopic (exact) mass is 333 g/mol. The average molecular weight is 333 g/mol. The molecule has 1 atom stereocenters. The van der Waals surface area contributed by atoms with Gasteiger partial charge in [-0.3, -0.25) is 4.90 Å². The number of aryl methyl sites for hydroxylation is 1. The fraction of sp³-hybridized carbons (Fsp3) is 0.750. The van der Waals surface area contributed by atoms with Gasteiger partial charge < -0.3 is 5.11 Å². The molecule has 1 fully saturated rings. The van der Waals surface area contributed by atoms with Crippen molar-refractivity contribution in [3.63, 3.8) is 0 Å². The smallest absolute Gasteiger partial charge is 0.141 e. The Kier molecular flexibility index (Phi) is 4.96. The summed E-state index contributed by atoms with van der Waals surface area (Å²) < 4.78 is 3.74. The standard InChI is InChI=1S/C16H27N7O/c1-4-7-22-15(17-12-18-22)10-21-8-5-6-16(24,11-21)14-9-23(13(2)3)20-19-14/h9,12-13,24H,4-8,10-11H2,1-3H3/t16-/m0/s1. The lowest BCUT2D eigenvalue weighted by atomic mass is 9.90. The number of aliphatic hydroxyl groups is 1. The number of rotatable bonds is 6. The Morgan fingerprint density at radius 3 is 2.92 bits per heavy atom. The van der Waals surface area contributed by atoms with E-state index in [2.05, 4.69) is 46.1 Å². The molecule has 0 radical (unpaired) electrons. The minimum atomic E-state index is -0.943. The molecule has 1 aliphatic heterocycles. The van der Waals surface area contributed by atoms with E-state index in [1.165, 1.54) is 0 Å². The highest BCUT2D eigenvalue weighted by atomic mass is 16.3. The fourth-order valence-corrected chi connectivity index (χ4v) is 3.22. The number of hydrogen-bond donors (Lipinski definition) is 1. The van der Waals surface area contributed by atoms with E-state index in [1.54, 1.807) is 11.0 Å². The van der Waals surface area contributed by atoms with E-state index in [-0.39, 0.29) is 6.04 Å². The highest BCUT2D eigenvalue weighted by Gasteiger charge is 2.38. The third-order valence-corrected chi connectivity index (χ3v) is 4.56. The molecule has 24 heavy (non-hydrogen) atoms. The lowest BCUT2D eigenvalue weighted by Crippen LogP contribution is -2.46. The summed E-state index contributed by atoms with van der Waals surface area (Å²) in [6, 6.07) is 0.238. The molecule has 2 aromatic heterocycles. The van der Waals surface area contributed by atoms with Crippen LogP contribution in [0.4, 0.5) is 0 Å². The van der Waals surface area contributed by atoms with Gasteiger partial charge in [0.1, 0.15) is 23.4 Å². The molecule has 0 amide bonds. The Morgan fingerprint density at radius 2 is 2.21 bits per heavy atom. The molecule has 1 N–H and O–H groups in total. The fourth-order valence-electron chi connectivity index (χ4n) is 3.22. The van der Waals surface area contributed by atoms with Crippen LogP contribution in [-0.2, 0) is 18.7 Å². The van der Waals surface area contributed by atoms with Gasteiger partial charge >= 0.3 is 0 Å². The molecule has 0 aliphatic carbocycles. The van der Waals surface area contributed by atoms with Crippen LogP contribution in [0.5, 0.6) is 0 Å². The number of piperidine rings is 1. The van der Waals surface area contributed by atoms with Crippen LogP contribution in [0.1, 0.15) is 57.6 Å². The molecular weight excluding hydrogens is 306 g/mol. The molecule has 1 aliphatic rings. The molecule has 0 bridgehead atoms. The zero-order valence-electron chi connectivity index (χ0n) is 14.8. The van der Waals surface area contributed by atoms with Crippen molar-refractivity contribution in [2.24, 2.45) is 0 Å². The van der Waals surface area contributed by atoms with Crippen LogP contribution in [0.25, 0.3) is 0 Å². The minimum absolute atomic E-state index is 0.238. The molecule has 0 unspecified atom stereocenters. The van der Waals surface area contributed by atoms with Crippen molar-refractivity contribution in [3.05, 3.63) is 24.0 Å². The second kappa shape index (κ2) is 6.98. The lowest BCUT2D eigenvalue weighted by Gasteiger charge is -2.37. The van der Waals surface area contributed by atoms with Crippen LogP contribution in [0, 0.1) is 0 Å². The molecule has 0 aromatic carbocycles. The van der Waals surface area contributed by atoms with E-state index in [0.717, 1.165) is 31.8 Å². The van der Waals surface area contributed by atoms with Gasteiger partial charge in [-0.05, 0) is 39.7 Å². The van der Waals surface area contributed by atoms with Crippen LogP contribution in [0.15, 0.2) is 12.5 Å². The summed E-state index contributed by atoms with van der Waals surface area (Å²) in [6.07, 6.45) is 6.14. The van der Waals surface area contributed by atoms with Gasteiger partial charge in [-0.2, -0.15) is 5.10 Å². The Labute approximate surface area is 142 Å². The number of likely N-dealkylation sites (tertiary alicyclic amines) is 1. The molecule has 132 valence electrons. The third-order valence-electron chi connectivity index (χ3n) is 4.56. The van der Waals surface area contributed by atoms with Crippen molar-refractivity contribution in [2.75, 3.05) is 13.1 Å². The number of nitrogens with zero attached hydrogens (tertiary/aromatic N) is 7. The van der Waals surface area contributed by atoms with Crippen LogP contribution in [0.2, 0.25) is 0 Å². The predicted octanol–water partition coefficient (Wildman–Crippen LogP) is 1.34. The van der Waals surface area contributed by atoms with Crippen molar-refractivity contribution in [1.82, 2.24) is 34.7 Å². The van der Waals surface area contributed by atoms with Gasteiger partial charge in [0.2, 0.25) is 0 Å². The van der Waals surface area contributed by atoms with Gasteiger partial charge in [0.05, 0.1) is 12.7 Å². The first kappa shape index (κ1) is 17.0. The van der Waals surface area contributed by atoms with Gasteiger partial charge in [-0.15, -0.1) is 5.10 Å². The molecule has 0 saturated carbocycles. The van der Waals surface area contributed by atoms with Gasteiger partial charge in [-0.25, -0.2) is 14.3 Å². The number of β-amino-alcohol motifs (C(OH)–C–C–N with tert-alkyl or cyclic N) is 1. The maximum Gasteiger partial charge on any atom is 0.141 e. The summed E-state index contributed by atoms with van der Waals surface area (Å²) in [5.41, 5.74) is -0.281. The number of aromatic nitrogens is 6. The molecule has 1 saturated heterocycles. The van der Waals surface area contributed by atoms with Gasteiger partial charge in [-0.1, -0.05) is 12.1 Å². The Bertz CT molecular complexity index is 665. The van der Waals surface area contributed by atoms with Crippen LogP contribution in [-0.4, -0.2) is 52.9 Å². The first-order chi connectivity index (χ1) is 11.5. The normalized spacial score (nSPS) is 22.4. The van der Waals surface area contributed by atoms with Gasteiger partial charge in [0, 0.05) is 19.1 Å². The second-order valence-corrected chi connectivity index (χ2v) is 6.92.